The predicted molar refractivity (Wildman–Crippen MR) is 136 cm³/mol. The van der Waals surface area contributed by atoms with Crippen molar-refractivity contribution in [3.8, 4) is 0 Å². The van der Waals surface area contributed by atoms with Gasteiger partial charge in [0.2, 0.25) is 0 Å². The first-order valence-corrected chi connectivity index (χ1v) is 13.5. The van der Waals surface area contributed by atoms with E-state index in [4.69, 9.17) is 9.13 Å². The van der Waals surface area contributed by atoms with Crippen molar-refractivity contribution in [3.05, 3.63) is 90.5 Å². The van der Waals surface area contributed by atoms with Gasteiger partial charge in [-0.25, -0.2) is 8.78 Å². The molecule has 1 fully saturated rings. The second-order valence-electron chi connectivity index (χ2n) is 7.69. The second-order valence-corrected chi connectivity index (χ2v) is 11.4. The summed E-state index contributed by atoms with van der Waals surface area (Å²) in [5, 5.41) is 0. The number of hydrogen-bond acceptors (Lipinski definition) is 5. The maximum absolute atomic E-state index is 13.4. The lowest BCUT2D eigenvalue weighted by atomic mass is 10.3. The van der Waals surface area contributed by atoms with Crippen LogP contribution < -0.4 is 0 Å². The SMILES string of the molecule is Fc1ccc(SC(C/C(=N/Sc2ccccc2)OC2CCCC2)Sc2ccc(F)cc2)cc1. The van der Waals surface area contributed by atoms with Crippen molar-refractivity contribution in [2.45, 2.75) is 57.5 Å². The van der Waals surface area contributed by atoms with Crippen molar-refractivity contribution in [2.75, 3.05) is 0 Å². The van der Waals surface area contributed by atoms with Crippen molar-refractivity contribution in [1.29, 1.82) is 0 Å². The highest BCUT2D eigenvalue weighted by Crippen LogP contribution is 2.39. The fraction of sp³-hybridized carbons (Fsp3) is 0.269. The summed E-state index contributed by atoms with van der Waals surface area (Å²) in [7, 11) is 0. The molecule has 0 bridgehead atoms. The van der Waals surface area contributed by atoms with Gasteiger partial charge in [-0.15, -0.1) is 23.5 Å². The van der Waals surface area contributed by atoms with Gasteiger partial charge < -0.3 is 4.74 Å². The summed E-state index contributed by atoms with van der Waals surface area (Å²) in [5.74, 6) is 0.200. The summed E-state index contributed by atoms with van der Waals surface area (Å²) in [5.41, 5.74) is 0. The minimum absolute atomic E-state index is 0.0254. The molecule has 0 radical (unpaired) electrons. The van der Waals surface area contributed by atoms with Crippen molar-refractivity contribution >= 4 is 41.4 Å². The number of thioether (sulfide) groups is 2. The third-order valence-electron chi connectivity index (χ3n) is 5.10. The third-order valence-corrected chi connectivity index (χ3v) is 8.41. The lowest BCUT2D eigenvalue weighted by molar-refractivity contribution is 0.192. The summed E-state index contributed by atoms with van der Waals surface area (Å²) in [4.78, 5) is 2.98. The molecule has 1 saturated carbocycles. The Balaban J connectivity index is 1.53. The van der Waals surface area contributed by atoms with Crippen molar-refractivity contribution < 1.29 is 13.5 Å². The van der Waals surface area contributed by atoms with Crippen LogP contribution >= 0.6 is 35.5 Å². The average molecular weight is 502 g/mol. The number of hydrogen-bond donors (Lipinski definition) is 0. The molecule has 0 unspecified atom stereocenters. The van der Waals surface area contributed by atoms with Crippen LogP contribution in [0.1, 0.15) is 32.1 Å². The van der Waals surface area contributed by atoms with Gasteiger partial charge in [0.15, 0.2) is 5.90 Å². The van der Waals surface area contributed by atoms with Crippen LogP contribution in [-0.2, 0) is 4.74 Å². The molecule has 0 aliphatic heterocycles. The standard InChI is InChI=1S/C26H25F2NOS3/c27-19-10-14-22(15-11-19)31-26(32-23-16-12-20(28)13-17-23)18-25(30-21-6-4-5-7-21)29-33-24-8-2-1-3-9-24/h1-3,8-17,21,26H,4-7,18H2/b29-25-. The molecule has 1 aliphatic carbocycles. The van der Waals surface area contributed by atoms with Crippen molar-refractivity contribution in [3.63, 3.8) is 0 Å². The lowest BCUT2D eigenvalue weighted by Gasteiger charge is -2.20. The Morgan fingerprint density at radius 2 is 1.33 bits per heavy atom. The van der Waals surface area contributed by atoms with E-state index in [2.05, 4.69) is 0 Å². The van der Waals surface area contributed by atoms with Crippen LogP contribution in [0.25, 0.3) is 0 Å². The minimum Gasteiger partial charge on any atom is -0.477 e. The molecule has 1 aliphatic rings. The first-order chi connectivity index (χ1) is 16.1. The van der Waals surface area contributed by atoms with E-state index in [-0.39, 0.29) is 22.3 Å². The number of rotatable bonds is 9. The van der Waals surface area contributed by atoms with Gasteiger partial charge in [-0.1, -0.05) is 18.2 Å². The highest BCUT2D eigenvalue weighted by molar-refractivity contribution is 8.17. The molecule has 0 N–H and O–H groups in total. The number of halogens is 2. The molecule has 0 amide bonds. The van der Waals surface area contributed by atoms with Gasteiger partial charge in [0.05, 0.1) is 4.58 Å². The predicted octanol–water partition coefficient (Wildman–Crippen LogP) is 8.63. The van der Waals surface area contributed by atoms with Gasteiger partial charge in [-0.2, -0.15) is 4.40 Å². The Morgan fingerprint density at radius 1 is 0.788 bits per heavy atom. The summed E-state index contributed by atoms with van der Waals surface area (Å²) in [6.07, 6.45) is 5.27. The Morgan fingerprint density at radius 3 is 1.88 bits per heavy atom. The highest BCUT2D eigenvalue weighted by Gasteiger charge is 2.22. The molecule has 7 heteroatoms. The molecule has 0 atom stereocenters. The Bertz CT molecular complexity index is 976. The van der Waals surface area contributed by atoms with Gasteiger partial charge in [0.1, 0.15) is 17.7 Å². The topological polar surface area (TPSA) is 21.6 Å². The van der Waals surface area contributed by atoms with Crippen LogP contribution in [0.2, 0.25) is 0 Å². The van der Waals surface area contributed by atoms with Gasteiger partial charge in [0, 0.05) is 33.1 Å². The molecule has 2 nitrogen and oxygen atoms in total. The van der Waals surface area contributed by atoms with E-state index in [1.54, 1.807) is 47.8 Å². The zero-order chi connectivity index (χ0) is 22.9. The van der Waals surface area contributed by atoms with Crippen molar-refractivity contribution in [1.82, 2.24) is 0 Å². The maximum Gasteiger partial charge on any atom is 0.197 e. The number of ether oxygens (including phenoxy) is 1. The van der Waals surface area contributed by atoms with Gasteiger partial charge in [-0.05, 0) is 86.3 Å². The van der Waals surface area contributed by atoms with Crippen LogP contribution in [0.4, 0.5) is 8.78 Å². The number of nitrogens with zero attached hydrogens (tertiary/aromatic N) is 1. The normalized spacial score (nSPS) is 14.7. The van der Waals surface area contributed by atoms with Crippen LogP contribution in [-0.4, -0.2) is 16.6 Å². The van der Waals surface area contributed by atoms with Crippen LogP contribution in [0.3, 0.4) is 0 Å². The first-order valence-electron chi connectivity index (χ1n) is 10.9. The summed E-state index contributed by atoms with van der Waals surface area (Å²) < 4.78 is 38.0. The summed E-state index contributed by atoms with van der Waals surface area (Å²) >= 11 is 4.69. The van der Waals surface area contributed by atoms with Gasteiger partial charge in [-0.3, -0.25) is 0 Å². The van der Waals surface area contributed by atoms with Gasteiger partial charge >= 0.3 is 0 Å². The van der Waals surface area contributed by atoms with E-state index in [1.807, 2.05) is 30.3 Å². The van der Waals surface area contributed by atoms with E-state index < -0.39 is 0 Å². The number of benzene rings is 3. The fourth-order valence-electron chi connectivity index (χ4n) is 3.47. The van der Waals surface area contributed by atoms with Crippen LogP contribution in [0, 0.1) is 11.6 Å². The Kier molecular flexibility index (Phi) is 9.15. The molecular weight excluding hydrogens is 476 g/mol. The zero-order valence-electron chi connectivity index (χ0n) is 18.0. The first kappa shape index (κ1) is 24.2. The maximum atomic E-state index is 13.4. The molecule has 33 heavy (non-hydrogen) atoms. The summed E-state index contributed by atoms with van der Waals surface area (Å²) in [6, 6.07) is 23.0. The molecule has 0 saturated heterocycles. The van der Waals surface area contributed by atoms with Crippen LogP contribution in [0.5, 0.6) is 0 Å². The smallest absolute Gasteiger partial charge is 0.197 e. The quantitative estimate of drug-likeness (QED) is 0.0961. The van der Waals surface area contributed by atoms with E-state index in [0.29, 0.717) is 12.3 Å². The van der Waals surface area contributed by atoms with Gasteiger partial charge in [0.25, 0.3) is 0 Å². The average Bonchev–Trinajstić information content (AvgIpc) is 3.34. The van der Waals surface area contributed by atoms with E-state index in [1.165, 1.54) is 49.1 Å². The van der Waals surface area contributed by atoms with Crippen molar-refractivity contribution in [2.24, 2.45) is 4.40 Å². The monoisotopic (exact) mass is 501 g/mol. The molecule has 4 rings (SSSR count). The molecule has 3 aromatic rings. The molecular formula is C26H25F2NOS3. The summed E-state index contributed by atoms with van der Waals surface area (Å²) in [6.45, 7) is 0. The largest absolute Gasteiger partial charge is 0.477 e. The van der Waals surface area contributed by atoms with E-state index >= 15 is 0 Å². The second kappa shape index (κ2) is 12.5. The lowest BCUT2D eigenvalue weighted by Crippen LogP contribution is -2.18. The fourth-order valence-corrected chi connectivity index (χ4v) is 6.58. The Hall–Kier alpha value is -1.96. The highest BCUT2D eigenvalue weighted by atomic mass is 32.2. The Labute approximate surface area is 206 Å². The molecule has 172 valence electrons. The minimum atomic E-state index is -0.256. The van der Waals surface area contributed by atoms with Crippen LogP contribution in [0.15, 0.2) is 97.9 Å². The molecule has 0 spiro atoms. The molecule has 0 aromatic heterocycles. The molecule has 3 aromatic carbocycles. The molecule has 0 heterocycles. The third kappa shape index (κ3) is 8.09. The van der Waals surface area contributed by atoms with E-state index in [0.717, 1.165) is 27.5 Å². The zero-order valence-corrected chi connectivity index (χ0v) is 20.5. The van der Waals surface area contributed by atoms with E-state index in [9.17, 15) is 8.78 Å².